The molecule has 11 nitrogen and oxygen atoms in total. The number of nitriles is 1. The van der Waals surface area contributed by atoms with Crippen LogP contribution in [0.1, 0.15) is 57.0 Å². The van der Waals surface area contributed by atoms with Crippen LogP contribution in [0.4, 0.5) is 0 Å². The normalized spacial score (nSPS) is 32.0. The Balaban J connectivity index is 1.29. The third-order valence-corrected chi connectivity index (χ3v) is 9.96. The van der Waals surface area contributed by atoms with Gasteiger partial charge in [0, 0.05) is 6.54 Å². The molecule has 1 unspecified atom stereocenters. The van der Waals surface area contributed by atoms with Crippen LogP contribution < -0.4 is 0 Å². The second-order valence-corrected chi connectivity index (χ2v) is 11.9. The summed E-state index contributed by atoms with van der Waals surface area (Å²) in [7, 11) is -1.37. The van der Waals surface area contributed by atoms with Crippen LogP contribution >= 0.6 is 8.53 Å². The van der Waals surface area contributed by atoms with E-state index in [-0.39, 0.29) is 18.9 Å². The van der Waals surface area contributed by atoms with Crippen molar-refractivity contribution in [2.45, 2.75) is 82.6 Å². The first-order chi connectivity index (χ1) is 19.5. The first kappa shape index (κ1) is 27.6. The number of benzene rings is 1. The maximum atomic E-state index is 8.88. The van der Waals surface area contributed by atoms with Gasteiger partial charge < -0.3 is 23.3 Å². The molecular weight excluding hydrogens is 531 g/mol. The maximum Gasteiger partial charge on any atom is 0.260 e. The number of nitrogens with zero attached hydrogens (tertiary/aromatic N) is 6. The molecule has 2 aromatic heterocycles. The Hall–Kier alpha value is -2.55. The van der Waals surface area contributed by atoms with Crippen LogP contribution in [0, 0.1) is 18.3 Å². The van der Waals surface area contributed by atoms with Gasteiger partial charge in [-0.1, -0.05) is 37.3 Å². The molecule has 7 atom stereocenters. The topological polar surface area (TPSA) is 117 Å². The summed E-state index contributed by atoms with van der Waals surface area (Å²) in [5, 5.41) is 8.88. The third kappa shape index (κ3) is 4.92. The number of imidazole rings is 1. The zero-order chi connectivity index (χ0) is 27.7. The molecule has 0 bridgehead atoms. The van der Waals surface area contributed by atoms with E-state index in [4.69, 9.17) is 28.5 Å². The predicted molar refractivity (Wildman–Crippen MR) is 147 cm³/mol. The third-order valence-electron chi connectivity index (χ3n) is 8.10. The van der Waals surface area contributed by atoms with Crippen LogP contribution in [-0.4, -0.2) is 68.5 Å². The summed E-state index contributed by atoms with van der Waals surface area (Å²) in [4.78, 5) is 13.3. The van der Waals surface area contributed by atoms with Crippen molar-refractivity contribution in [2.24, 2.45) is 0 Å². The molecule has 3 fully saturated rings. The van der Waals surface area contributed by atoms with Crippen molar-refractivity contribution in [3.05, 3.63) is 54.2 Å². The van der Waals surface area contributed by atoms with E-state index in [1.807, 2.05) is 17.6 Å². The quantitative estimate of drug-likeness (QED) is 0.194. The minimum Gasteiger partial charge on any atom is -0.354 e. The standard InChI is InChI=1S/C28H35N6O5P/c1-4-21-24(38-40-34-14-8-12-22(34)28(3,39-40)20-10-6-5-7-11-20)25(36-18-35-15-9-13-29)27(37-21)33-17-32-23-19(2)30-16-31-26(23)33/h5-7,10-11,16-17,21-22,24-25,27H,4,8-9,12,14-15,18H2,1-3H3/t21-,22+,24+,25?,27-,28-,40+/m1/s1. The highest BCUT2D eigenvalue weighted by molar-refractivity contribution is 7.45. The van der Waals surface area contributed by atoms with Crippen molar-refractivity contribution in [1.82, 2.24) is 24.2 Å². The minimum atomic E-state index is -1.37. The van der Waals surface area contributed by atoms with E-state index in [9.17, 15) is 0 Å². The minimum absolute atomic E-state index is 0.00992. The molecule has 40 heavy (non-hydrogen) atoms. The van der Waals surface area contributed by atoms with Gasteiger partial charge in [-0.25, -0.2) is 19.6 Å². The number of hydrogen-bond donors (Lipinski definition) is 0. The molecule has 1 aromatic carbocycles. The van der Waals surface area contributed by atoms with Crippen LogP contribution in [0.5, 0.6) is 0 Å². The van der Waals surface area contributed by atoms with Gasteiger partial charge in [0.1, 0.15) is 36.4 Å². The van der Waals surface area contributed by atoms with Gasteiger partial charge in [-0.2, -0.15) is 5.26 Å². The number of hydrogen-bond acceptors (Lipinski definition) is 10. The number of rotatable bonds is 10. The van der Waals surface area contributed by atoms with Crippen molar-refractivity contribution in [2.75, 3.05) is 19.9 Å². The highest BCUT2D eigenvalue weighted by Gasteiger charge is 2.57. The van der Waals surface area contributed by atoms with Gasteiger partial charge >= 0.3 is 0 Å². The van der Waals surface area contributed by atoms with E-state index in [0.717, 1.165) is 42.6 Å². The van der Waals surface area contributed by atoms with Crippen LogP contribution in [0.25, 0.3) is 11.2 Å². The zero-order valence-corrected chi connectivity index (χ0v) is 23.9. The first-order valence-corrected chi connectivity index (χ1v) is 15.0. The van der Waals surface area contributed by atoms with Crippen molar-refractivity contribution < 1.29 is 23.3 Å². The maximum absolute atomic E-state index is 8.88. The Morgan fingerprint density at radius 2 is 2.05 bits per heavy atom. The summed E-state index contributed by atoms with van der Waals surface area (Å²) in [5.41, 5.74) is 2.88. The lowest BCUT2D eigenvalue weighted by atomic mass is 9.87. The van der Waals surface area contributed by atoms with Crippen molar-refractivity contribution in [3.8, 4) is 6.07 Å². The molecule has 0 saturated carbocycles. The predicted octanol–water partition coefficient (Wildman–Crippen LogP) is 4.74. The second-order valence-electron chi connectivity index (χ2n) is 10.5. The molecule has 0 aliphatic carbocycles. The van der Waals surface area contributed by atoms with Crippen LogP contribution in [0.15, 0.2) is 43.0 Å². The summed E-state index contributed by atoms with van der Waals surface area (Å²) >= 11 is 0. The molecule has 12 heteroatoms. The van der Waals surface area contributed by atoms with Gasteiger partial charge in [-0.3, -0.25) is 4.57 Å². The lowest BCUT2D eigenvalue weighted by Gasteiger charge is -2.29. The van der Waals surface area contributed by atoms with Gasteiger partial charge in [0.25, 0.3) is 8.53 Å². The summed E-state index contributed by atoms with van der Waals surface area (Å²) < 4.78 is 36.6. The molecule has 6 rings (SSSR count). The van der Waals surface area contributed by atoms with Gasteiger partial charge in [0.2, 0.25) is 0 Å². The van der Waals surface area contributed by atoms with E-state index in [2.05, 4.69) is 63.8 Å². The SMILES string of the molecule is CC[C@H]1O[C@@H](n2cnc3c(C)ncnc32)C(OCOCCC#N)[C@H]1O[P@@]1O[C@](C)(c2ccccc2)[C@@H]2CCCN21. The summed E-state index contributed by atoms with van der Waals surface area (Å²) in [5.74, 6) is 0. The fraction of sp³-hybridized carbons (Fsp3) is 0.571. The van der Waals surface area contributed by atoms with Crippen molar-refractivity contribution in [3.63, 3.8) is 0 Å². The average molecular weight is 567 g/mol. The fourth-order valence-electron chi connectivity index (χ4n) is 6.01. The monoisotopic (exact) mass is 566 g/mol. The van der Waals surface area contributed by atoms with Gasteiger partial charge in [-0.05, 0) is 38.7 Å². The van der Waals surface area contributed by atoms with Crippen LogP contribution in [0.2, 0.25) is 0 Å². The molecule has 0 spiro atoms. The number of aryl methyl sites for hydroxylation is 1. The molecule has 3 aliphatic heterocycles. The van der Waals surface area contributed by atoms with Crippen molar-refractivity contribution in [1.29, 1.82) is 5.26 Å². The molecule has 0 radical (unpaired) electrons. The zero-order valence-electron chi connectivity index (χ0n) is 23.0. The van der Waals surface area contributed by atoms with E-state index < -0.39 is 32.6 Å². The lowest BCUT2D eigenvalue weighted by Crippen LogP contribution is -2.37. The second kappa shape index (κ2) is 11.7. The summed E-state index contributed by atoms with van der Waals surface area (Å²) in [6, 6.07) is 12.8. The Morgan fingerprint density at radius 3 is 2.85 bits per heavy atom. The van der Waals surface area contributed by atoms with E-state index in [1.165, 1.54) is 6.33 Å². The van der Waals surface area contributed by atoms with Gasteiger partial charge in [0.05, 0.1) is 43.3 Å². The van der Waals surface area contributed by atoms with E-state index >= 15 is 0 Å². The largest absolute Gasteiger partial charge is 0.354 e. The highest BCUT2D eigenvalue weighted by Crippen LogP contribution is 2.64. The molecule has 3 saturated heterocycles. The Bertz CT molecular complexity index is 1350. The van der Waals surface area contributed by atoms with Crippen molar-refractivity contribution >= 4 is 19.7 Å². The first-order valence-electron chi connectivity index (χ1n) is 13.9. The molecule has 5 heterocycles. The smallest absolute Gasteiger partial charge is 0.260 e. The Morgan fingerprint density at radius 1 is 1.20 bits per heavy atom. The Kier molecular flexibility index (Phi) is 8.11. The highest BCUT2D eigenvalue weighted by atomic mass is 31.2. The number of ether oxygens (including phenoxy) is 3. The molecular formula is C28H35N6O5P. The molecule has 3 aliphatic rings. The summed E-state index contributed by atoms with van der Waals surface area (Å²) in [6.45, 7) is 7.40. The molecule has 0 amide bonds. The van der Waals surface area contributed by atoms with Crippen LogP contribution in [0.3, 0.4) is 0 Å². The van der Waals surface area contributed by atoms with Gasteiger partial charge in [-0.15, -0.1) is 0 Å². The summed E-state index contributed by atoms with van der Waals surface area (Å²) in [6.07, 6.45) is 4.71. The average Bonchev–Trinajstić information content (AvgIpc) is 3.74. The van der Waals surface area contributed by atoms with E-state index in [0.29, 0.717) is 18.7 Å². The molecule has 3 aromatic rings. The number of fused-ring (bicyclic) bond motifs is 2. The fourth-order valence-corrected chi connectivity index (χ4v) is 8.16. The number of aromatic nitrogens is 4. The lowest BCUT2D eigenvalue weighted by molar-refractivity contribution is -0.135. The van der Waals surface area contributed by atoms with E-state index in [1.54, 1.807) is 6.33 Å². The molecule has 212 valence electrons. The van der Waals surface area contributed by atoms with Crippen LogP contribution in [-0.2, 0) is 28.9 Å². The Labute approximate surface area is 235 Å². The van der Waals surface area contributed by atoms with Gasteiger partial charge in [0.15, 0.2) is 11.9 Å². The molecule has 0 N–H and O–H groups in total.